The molecule has 0 fully saturated rings. The number of carbonyl (C=O) groups is 2. The first-order valence-corrected chi connectivity index (χ1v) is 3.17. The molecule has 0 heterocycles. The Morgan fingerprint density at radius 2 is 2.11 bits per heavy atom. The number of hydrogen-bond acceptors (Lipinski definition) is 3. The fraction of sp³-hybridized carbons (Fsp3) is 0.600. The summed E-state index contributed by atoms with van der Waals surface area (Å²) in [6.45, 7) is 1.53. The fourth-order valence-corrected chi connectivity index (χ4v) is 0.391. The molecular formula is C5H9NO2S. The number of thiol groups is 1. The summed E-state index contributed by atoms with van der Waals surface area (Å²) in [5.41, 5.74) is 0. The molecular weight excluding hydrogens is 138 g/mol. The van der Waals surface area contributed by atoms with Gasteiger partial charge in [0.2, 0.25) is 5.91 Å². The molecule has 0 spiro atoms. The van der Waals surface area contributed by atoms with Crippen molar-refractivity contribution in [3.8, 4) is 0 Å². The summed E-state index contributed by atoms with van der Waals surface area (Å²) in [7, 11) is 0. The summed E-state index contributed by atoms with van der Waals surface area (Å²) in [5.74, 6) is -0.133. The van der Waals surface area contributed by atoms with E-state index in [4.69, 9.17) is 0 Å². The molecule has 0 unspecified atom stereocenters. The Labute approximate surface area is 59.2 Å². The lowest BCUT2D eigenvalue weighted by molar-refractivity contribution is -0.122. The van der Waals surface area contributed by atoms with Gasteiger partial charge in [-0.25, -0.2) is 0 Å². The highest BCUT2D eigenvalue weighted by Gasteiger charge is 1.96. The maximum absolute atomic E-state index is 10.4. The predicted octanol–water partition coefficient (Wildman–Crippen LogP) is -0.379. The molecule has 0 aliphatic rings. The molecule has 1 amide bonds. The number of rotatable bonds is 3. The maximum atomic E-state index is 10.4. The molecule has 9 heavy (non-hydrogen) atoms. The highest BCUT2D eigenvalue weighted by atomic mass is 32.1. The molecule has 0 bridgehead atoms. The van der Waals surface area contributed by atoms with E-state index in [1.165, 1.54) is 6.92 Å². The van der Waals surface area contributed by atoms with Crippen molar-refractivity contribution in [2.45, 2.75) is 6.92 Å². The summed E-state index contributed by atoms with van der Waals surface area (Å²) in [4.78, 5) is 20.6. The molecule has 0 atom stereocenters. The Morgan fingerprint density at radius 3 is 2.44 bits per heavy atom. The van der Waals surface area contributed by atoms with E-state index < -0.39 is 0 Å². The monoisotopic (exact) mass is 147 g/mol. The highest BCUT2D eigenvalue weighted by Crippen LogP contribution is 1.72. The quantitative estimate of drug-likeness (QED) is 0.535. The van der Waals surface area contributed by atoms with Gasteiger partial charge in [-0.3, -0.25) is 9.59 Å². The molecule has 0 rings (SSSR count). The van der Waals surface area contributed by atoms with Gasteiger partial charge in [0.1, 0.15) is 5.78 Å². The molecule has 0 aliphatic heterocycles. The average molecular weight is 147 g/mol. The third-order valence-corrected chi connectivity index (χ3v) is 0.965. The Balaban J connectivity index is 3.28. The zero-order valence-corrected chi connectivity index (χ0v) is 6.07. The van der Waals surface area contributed by atoms with Crippen molar-refractivity contribution in [1.29, 1.82) is 0 Å². The SMILES string of the molecule is CC(=O)CNC(=O)CS. The van der Waals surface area contributed by atoms with Crippen LogP contribution in [0.25, 0.3) is 0 Å². The van der Waals surface area contributed by atoms with E-state index in [0.717, 1.165) is 0 Å². The lowest BCUT2D eigenvalue weighted by Crippen LogP contribution is -2.28. The summed E-state index contributed by atoms with van der Waals surface area (Å²) >= 11 is 3.69. The first kappa shape index (κ1) is 8.49. The highest BCUT2D eigenvalue weighted by molar-refractivity contribution is 7.81. The number of carbonyl (C=O) groups excluding carboxylic acids is 2. The van der Waals surface area contributed by atoms with Crippen LogP contribution in [0.2, 0.25) is 0 Å². The summed E-state index contributed by atoms with van der Waals surface area (Å²) in [5, 5.41) is 2.37. The maximum Gasteiger partial charge on any atom is 0.230 e. The van der Waals surface area contributed by atoms with E-state index in [1.807, 2.05) is 0 Å². The number of amides is 1. The van der Waals surface area contributed by atoms with Crippen LogP contribution in [0.1, 0.15) is 6.92 Å². The van der Waals surface area contributed by atoms with E-state index >= 15 is 0 Å². The van der Waals surface area contributed by atoms with Gasteiger partial charge in [-0.05, 0) is 6.92 Å². The van der Waals surface area contributed by atoms with Gasteiger partial charge >= 0.3 is 0 Å². The van der Waals surface area contributed by atoms with Crippen LogP contribution in [0.5, 0.6) is 0 Å². The minimum absolute atomic E-state index is 0.0508. The van der Waals surface area contributed by atoms with Crippen molar-refractivity contribution in [3.63, 3.8) is 0 Å². The molecule has 0 radical (unpaired) electrons. The Bertz CT molecular complexity index is 124. The first-order valence-electron chi connectivity index (χ1n) is 2.54. The molecule has 0 aliphatic carbocycles. The van der Waals surface area contributed by atoms with Gasteiger partial charge in [-0.2, -0.15) is 12.6 Å². The Kier molecular flexibility index (Phi) is 4.13. The van der Waals surface area contributed by atoms with Crippen molar-refractivity contribution < 1.29 is 9.59 Å². The van der Waals surface area contributed by atoms with Crippen LogP contribution in [0.15, 0.2) is 0 Å². The molecule has 52 valence electrons. The number of hydrogen-bond donors (Lipinski definition) is 2. The van der Waals surface area contributed by atoms with Crippen molar-refractivity contribution in [2.75, 3.05) is 12.3 Å². The second-order valence-corrected chi connectivity index (χ2v) is 1.95. The van der Waals surface area contributed by atoms with Crippen LogP contribution < -0.4 is 5.32 Å². The minimum atomic E-state index is -0.214. The molecule has 0 aromatic rings. The summed E-state index contributed by atoms with van der Waals surface area (Å²) in [6.07, 6.45) is 0. The fourth-order valence-electron chi connectivity index (χ4n) is 0.279. The van der Waals surface area contributed by atoms with Crippen molar-refractivity contribution in [3.05, 3.63) is 0 Å². The van der Waals surface area contributed by atoms with Crippen molar-refractivity contribution in [1.82, 2.24) is 5.32 Å². The average Bonchev–Trinajstić information content (AvgIpc) is 1.83. The van der Waals surface area contributed by atoms with Gasteiger partial charge in [0.05, 0.1) is 12.3 Å². The minimum Gasteiger partial charge on any atom is -0.348 e. The van der Waals surface area contributed by atoms with Gasteiger partial charge in [-0.15, -0.1) is 0 Å². The molecule has 0 saturated heterocycles. The van der Waals surface area contributed by atoms with Crippen LogP contribution in [-0.4, -0.2) is 24.0 Å². The molecule has 0 aromatic carbocycles. The Morgan fingerprint density at radius 1 is 1.56 bits per heavy atom. The molecule has 4 heteroatoms. The third kappa shape index (κ3) is 5.36. The second kappa shape index (κ2) is 4.38. The van der Waals surface area contributed by atoms with Gasteiger partial charge in [0.15, 0.2) is 0 Å². The lowest BCUT2D eigenvalue weighted by Gasteiger charge is -1.96. The van der Waals surface area contributed by atoms with E-state index in [9.17, 15) is 9.59 Å². The van der Waals surface area contributed by atoms with Gasteiger partial charge in [0, 0.05) is 0 Å². The topological polar surface area (TPSA) is 46.2 Å². The first-order chi connectivity index (χ1) is 4.16. The number of Topliss-reactive ketones (excluding diaryl/α,β-unsaturated/α-hetero) is 1. The standard InChI is InChI=1S/C5H9NO2S/c1-4(7)2-6-5(8)3-9/h9H,2-3H2,1H3,(H,6,8). The summed E-state index contributed by atoms with van der Waals surface area (Å²) in [6, 6.07) is 0. The molecule has 3 nitrogen and oxygen atoms in total. The van der Waals surface area contributed by atoms with E-state index in [2.05, 4.69) is 17.9 Å². The zero-order chi connectivity index (χ0) is 7.28. The Hall–Kier alpha value is -0.510. The second-order valence-electron chi connectivity index (χ2n) is 1.64. The summed E-state index contributed by atoms with van der Waals surface area (Å²) < 4.78 is 0. The van der Waals surface area contributed by atoms with Crippen LogP contribution in [0.4, 0.5) is 0 Å². The van der Waals surface area contributed by atoms with Gasteiger partial charge < -0.3 is 5.32 Å². The normalized spacial score (nSPS) is 8.67. The smallest absolute Gasteiger partial charge is 0.230 e. The zero-order valence-electron chi connectivity index (χ0n) is 5.18. The molecule has 1 N–H and O–H groups in total. The largest absolute Gasteiger partial charge is 0.348 e. The lowest BCUT2D eigenvalue weighted by atomic mass is 10.4. The van der Waals surface area contributed by atoms with E-state index in [0.29, 0.717) is 0 Å². The van der Waals surface area contributed by atoms with Crippen LogP contribution in [0, 0.1) is 0 Å². The van der Waals surface area contributed by atoms with E-state index in [1.54, 1.807) is 0 Å². The molecule has 0 saturated carbocycles. The third-order valence-electron chi connectivity index (χ3n) is 0.678. The predicted molar refractivity (Wildman–Crippen MR) is 37.5 cm³/mol. The van der Waals surface area contributed by atoms with Crippen molar-refractivity contribution >= 4 is 24.3 Å². The van der Waals surface area contributed by atoms with Crippen LogP contribution >= 0.6 is 12.6 Å². The van der Waals surface area contributed by atoms with Crippen LogP contribution in [-0.2, 0) is 9.59 Å². The van der Waals surface area contributed by atoms with E-state index in [-0.39, 0.29) is 24.0 Å². The van der Waals surface area contributed by atoms with Crippen LogP contribution in [0.3, 0.4) is 0 Å². The van der Waals surface area contributed by atoms with Gasteiger partial charge in [-0.1, -0.05) is 0 Å². The number of nitrogens with one attached hydrogen (secondary N) is 1. The van der Waals surface area contributed by atoms with Crippen molar-refractivity contribution in [2.24, 2.45) is 0 Å². The number of ketones is 1. The molecule has 0 aromatic heterocycles. The van der Waals surface area contributed by atoms with Gasteiger partial charge in [0.25, 0.3) is 0 Å².